The predicted octanol–water partition coefficient (Wildman–Crippen LogP) is 2.77. The standard InChI is InChI=1S/C21H26N4O2/c1-3-25-15(2)16(12-23-25)13-24-11-9-21(19(26)14-24)27-20-8-4-7-18-17(20)6-5-10-22-18/h4-8,10,12,19,21,26H,3,9,11,13-14H2,1-2H3/t19-,21-/m1/s1. The summed E-state index contributed by atoms with van der Waals surface area (Å²) < 4.78 is 8.20. The Labute approximate surface area is 159 Å². The highest BCUT2D eigenvalue weighted by Gasteiger charge is 2.30. The molecule has 3 heterocycles. The Morgan fingerprint density at radius 3 is 2.93 bits per heavy atom. The normalized spacial score (nSPS) is 20.9. The van der Waals surface area contributed by atoms with E-state index in [9.17, 15) is 5.11 Å². The summed E-state index contributed by atoms with van der Waals surface area (Å²) in [7, 11) is 0. The molecular weight excluding hydrogens is 340 g/mol. The van der Waals surface area contributed by atoms with Crippen molar-refractivity contribution in [2.24, 2.45) is 0 Å². The fourth-order valence-corrected chi connectivity index (χ4v) is 3.80. The van der Waals surface area contributed by atoms with E-state index in [4.69, 9.17) is 4.74 Å². The van der Waals surface area contributed by atoms with Gasteiger partial charge in [0.1, 0.15) is 18.0 Å². The Morgan fingerprint density at radius 2 is 2.15 bits per heavy atom. The first kappa shape index (κ1) is 17.9. The fraction of sp³-hybridized carbons (Fsp3) is 0.429. The number of benzene rings is 1. The Hall–Kier alpha value is -2.44. The lowest BCUT2D eigenvalue weighted by atomic mass is 10.0. The van der Waals surface area contributed by atoms with E-state index in [-0.39, 0.29) is 6.10 Å². The molecular formula is C21H26N4O2. The number of ether oxygens (including phenoxy) is 1. The zero-order valence-electron chi connectivity index (χ0n) is 15.9. The molecule has 3 aromatic rings. The van der Waals surface area contributed by atoms with Crippen molar-refractivity contribution in [3.05, 3.63) is 54.0 Å². The molecule has 142 valence electrons. The molecule has 1 saturated heterocycles. The lowest BCUT2D eigenvalue weighted by Crippen LogP contribution is -2.48. The molecule has 1 aromatic carbocycles. The minimum atomic E-state index is -0.521. The van der Waals surface area contributed by atoms with Gasteiger partial charge in [0.05, 0.1) is 11.7 Å². The molecule has 0 unspecified atom stereocenters. The number of aliphatic hydroxyl groups is 1. The van der Waals surface area contributed by atoms with Crippen LogP contribution < -0.4 is 4.74 Å². The van der Waals surface area contributed by atoms with E-state index in [2.05, 4.69) is 28.8 Å². The van der Waals surface area contributed by atoms with Crippen molar-refractivity contribution < 1.29 is 9.84 Å². The van der Waals surface area contributed by atoms with Gasteiger partial charge in [0.15, 0.2) is 0 Å². The summed E-state index contributed by atoms with van der Waals surface area (Å²) >= 11 is 0. The highest BCUT2D eigenvalue weighted by Crippen LogP contribution is 2.27. The molecule has 2 atom stereocenters. The third-order valence-corrected chi connectivity index (χ3v) is 5.39. The van der Waals surface area contributed by atoms with Crippen LogP contribution in [-0.2, 0) is 13.1 Å². The molecule has 0 amide bonds. The lowest BCUT2D eigenvalue weighted by Gasteiger charge is -2.36. The Kier molecular flexibility index (Phi) is 5.09. The number of β-amino-alcohol motifs (C(OH)–C–C–N with tert-alkyl or cyclic N) is 1. The van der Waals surface area contributed by atoms with Crippen LogP contribution in [0.15, 0.2) is 42.7 Å². The number of likely N-dealkylation sites (tertiary alicyclic amines) is 1. The quantitative estimate of drug-likeness (QED) is 0.752. The topological polar surface area (TPSA) is 63.4 Å². The smallest absolute Gasteiger partial charge is 0.129 e. The van der Waals surface area contributed by atoms with Gasteiger partial charge >= 0.3 is 0 Å². The second-order valence-corrected chi connectivity index (χ2v) is 7.14. The van der Waals surface area contributed by atoms with Gasteiger partial charge in [-0.1, -0.05) is 6.07 Å². The van der Waals surface area contributed by atoms with Crippen LogP contribution in [0.3, 0.4) is 0 Å². The van der Waals surface area contributed by atoms with E-state index in [1.54, 1.807) is 6.20 Å². The van der Waals surface area contributed by atoms with Crippen molar-refractivity contribution in [1.29, 1.82) is 0 Å². The van der Waals surface area contributed by atoms with Crippen molar-refractivity contribution in [2.45, 2.75) is 45.6 Å². The SMILES string of the molecule is CCn1ncc(CN2CC[C@@H](Oc3cccc4ncccc34)[C@H](O)C2)c1C. The first-order valence-corrected chi connectivity index (χ1v) is 9.58. The summed E-state index contributed by atoms with van der Waals surface area (Å²) in [6.45, 7) is 7.38. The van der Waals surface area contributed by atoms with E-state index in [0.717, 1.165) is 42.7 Å². The van der Waals surface area contributed by atoms with Crippen LogP contribution in [0.4, 0.5) is 0 Å². The summed E-state index contributed by atoms with van der Waals surface area (Å²) in [5, 5.41) is 16.1. The van der Waals surface area contributed by atoms with Crippen LogP contribution in [0.5, 0.6) is 5.75 Å². The molecule has 0 bridgehead atoms. The molecule has 1 aliphatic heterocycles. The number of pyridine rings is 1. The summed E-state index contributed by atoms with van der Waals surface area (Å²) in [5.41, 5.74) is 3.34. The minimum Gasteiger partial charge on any atom is -0.487 e. The van der Waals surface area contributed by atoms with Gasteiger partial charge < -0.3 is 9.84 Å². The Bertz CT molecular complexity index is 918. The van der Waals surface area contributed by atoms with Gasteiger partial charge in [0, 0.05) is 49.0 Å². The zero-order valence-corrected chi connectivity index (χ0v) is 15.9. The summed E-state index contributed by atoms with van der Waals surface area (Å²) in [4.78, 5) is 6.65. The minimum absolute atomic E-state index is 0.202. The highest BCUT2D eigenvalue weighted by molar-refractivity contribution is 5.84. The Morgan fingerprint density at radius 1 is 1.26 bits per heavy atom. The fourth-order valence-electron chi connectivity index (χ4n) is 3.80. The lowest BCUT2D eigenvalue weighted by molar-refractivity contribution is -0.0269. The van der Waals surface area contributed by atoms with E-state index < -0.39 is 6.10 Å². The van der Waals surface area contributed by atoms with E-state index in [0.29, 0.717) is 6.54 Å². The van der Waals surface area contributed by atoms with Crippen LogP contribution in [-0.4, -0.2) is 50.1 Å². The predicted molar refractivity (Wildman–Crippen MR) is 105 cm³/mol. The molecule has 0 spiro atoms. The molecule has 6 nitrogen and oxygen atoms in total. The monoisotopic (exact) mass is 366 g/mol. The van der Waals surface area contributed by atoms with Gasteiger partial charge in [0.2, 0.25) is 0 Å². The third-order valence-electron chi connectivity index (χ3n) is 5.39. The molecule has 0 aliphatic carbocycles. The number of fused-ring (bicyclic) bond motifs is 1. The van der Waals surface area contributed by atoms with E-state index in [1.807, 2.05) is 41.2 Å². The maximum Gasteiger partial charge on any atom is 0.129 e. The zero-order chi connectivity index (χ0) is 18.8. The molecule has 1 N–H and O–H groups in total. The van der Waals surface area contributed by atoms with Crippen molar-refractivity contribution in [2.75, 3.05) is 13.1 Å². The van der Waals surface area contributed by atoms with Gasteiger partial charge in [-0.15, -0.1) is 0 Å². The number of rotatable bonds is 5. The van der Waals surface area contributed by atoms with Gasteiger partial charge in [-0.2, -0.15) is 5.10 Å². The van der Waals surface area contributed by atoms with Gasteiger partial charge in [-0.3, -0.25) is 14.6 Å². The van der Waals surface area contributed by atoms with Crippen LogP contribution in [0.2, 0.25) is 0 Å². The molecule has 0 saturated carbocycles. The summed E-state index contributed by atoms with van der Waals surface area (Å²) in [6, 6.07) is 9.78. The molecule has 0 radical (unpaired) electrons. The molecule has 6 heteroatoms. The molecule has 4 rings (SSSR count). The number of aliphatic hydroxyl groups excluding tert-OH is 1. The maximum absolute atomic E-state index is 10.7. The van der Waals surface area contributed by atoms with Crippen LogP contribution in [0.1, 0.15) is 24.6 Å². The molecule has 2 aromatic heterocycles. The van der Waals surface area contributed by atoms with Crippen molar-refractivity contribution in [1.82, 2.24) is 19.7 Å². The number of piperidine rings is 1. The largest absolute Gasteiger partial charge is 0.487 e. The number of nitrogens with zero attached hydrogens (tertiary/aromatic N) is 4. The Balaban J connectivity index is 1.42. The first-order valence-electron chi connectivity index (χ1n) is 9.58. The second-order valence-electron chi connectivity index (χ2n) is 7.14. The van der Waals surface area contributed by atoms with Crippen LogP contribution in [0.25, 0.3) is 10.9 Å². The van der Waals surface area contributed by atoms with Crippen LogP contribution in [0, 0.1) is 6.92 Å². The number of aryl methyl sites for hydroxylation is 1. The second kappa shape index (κ2) is 7.66. The van der Waals surface area contributed by atoms with Crippen molar-refractivity contribution >= 4 is 10.9 Å². The van der Waals surface area contributed by atoms with E-state index >= 15 is 0 Å². The average molecular weight is 366 g/mol. The van der Waals surface area contributed by atoms with Crippen molar-refractivity contribution in [3.8, 4) is 5.75 Å². The van der Waals surface area contributed by atoms with Gasteiger partial charge in [-0.25, -0.2) is 0 Å². The summed E-state index contributed by atoms with van der Waals surface area (Å²) in [6.07, 6.45) is 3.79. The third kappa shape index (κ3) is 3.68. The highest BCUT2D eigenvalue weighted by atomic mass is 16.5. The van der Waals surface area contributed by atoms with Crippen molar-refractivity contribution in [3.63, 3.8) is 0 Å². The number of hydrogen-bond acceptors (Lipinski definition) is 5. The molecule has 27 heavy (non-hydrogen) atoms. The van der Waals surface area contributed by atoms with Gasteiger partial charge in [-0.05, 0) is 44.5 Å². The number of hydrogen-bond donors (Lipinski definition) is 1. The van der Waals surface area contributed by atoms with Gasteiger partial charge in [0.25, 0.3) is 0 Å². The first-order chi connectivity index (χ1) is 13.2. The number of aromatic nitrogens is 3. The van der Waals surface area contributed by atoms with Crippen LogP contribution >= 0.6 is 0 Å². The maximum atomic E-state index is 10.7. The molecule has 1 fully saturated rings. The molecule has 1 aliphatic rings. The average Bonchev–Trinajstić information content (AvgIpc) is 3.04. The van der Waals surface area contributed by atoms with E-state index in [1.165, 1.54) is 11.3 Å². The summed E-state index contributed by atoms with van der Waals surface area (Å²) in [5.74, 6) is 0.790.